The van der Waals surface area contributed by atoms with Gasteiger partial charge in [-0.15, -0.1) is 0 Å². The van der Waals surface area contributed by atoms with E-state index in [0.717, 1.165) is 13.0 Å². The fraction of sp³-hybridized carbons (Fsp3) is 0.400. The van der Waals surface area contributed by atoms with Gasteiger partial charge in [0.2, 0.25) is 0 Å². The minimum absolute atomic E-state index is 0.308. The highest BCUT2D eigenvalue weighted by molar-refractivity contribution is 5.96. The highest BCUT2D eigenvalue weighted by atomic mass is 16.6. The van der Waals surface area contributed by atoms with Crippen molar-refractivity contribution in [3.8, 4) is 0 Å². The Kier molecular flexibility index (Phi) is 4.77. The summed E-state index contributed by atoms with van der Waals surface area (Å²) in [7, 11) is 5.49. The van der Waals surface area contributed by atoms with Crippen molar-refractivity contribution in [2.75, 3.05) is 32.5 Å². The van der Waals surface area contributed by atoms with Crippen LogP contribution in [0.3, 0.4) is 0 Å². The first-order valence-corrected chi connectivity index (χ1v) is 7.08. The number of nitrogens with one attached hydrogen (secondary N) is 1. The molecule has 0 aliphatic carbocycles. The Balaban J connectivity index is 2.50. The Morgan fingerprint density at radius 3 is 2.64 bits per heavy atom. The van der Waals surface area contributed by atoms with Crippen molar-refractivity contribution in [1.29, 1.82) is 0 Å². The lowest BCUT2D eigenvalue weighted by Crippen LogP contribution is -2.23. The Morgan fingerprint density at radius 1 is 1.32 bits per heavy atom. The molecular weight excluding hydrogens is 284 g/mol. The Morgan fingerprint density at radius 2 is 2.00 bits per heavy atom. The van der Waals surface area contributed by atoms with Crippen LogP contribution in [0.25, 0.3) is 10.9 Å². The molecule has 1 aromatic carbocycles. The molecule has 7 heteroatoms. The van der Waals surface area contributed by atoms with E-state index in [0.29, 0.717) is 23.1 Å². The normalized spacial score (nSPS) is 11.1. The topological polar surface area (TPSA) is 80.4 Å². The van der Waals surface area contributed by atoms with Crippen LogP contribution in [0.4, 0.5) is 11.4 Å². The number of hydrogen-bond acceptors (Lipinski definition) is 5. The van der Waals surface area contributed by atoms with Crippen LogP contribution >= 0.6 is 0 Å². The van der Waals surface area contributed by atoms with Crippen molar-refractivity contribution in [2.24, 2.45) is 7.05 Å². The summed E-state index contributed by atoms with van der Waals surface area (Å²) in [6.45, 7) is 1.43. The largest absolute Gasteiger partial charge is 0.379 e. The molecule has 1 N–H and O–H groups in total. The zero-order valence-corrected chi connectivity index (χ0v) is 13.0. The molecule has 0 aliphatic rings. The first-order valence-electron chi connectivity index (χ1n) is 7.08. The SMILES string of the molecule is CN(C)CCCNc1c([N+](=O)[O-])c(=O)n(C)c2ccccc12. The summed E-state index contributed by atoms with van der Waals surface area (Å²) in [5.74, 6) is 0. The lowest BCUT2D eigenvalue weighted by Gasteiger charge is -2.14. The molecule has 0 radical (unpaired) electrons. The summed E-state index contributed by atoms with van der Waals surface area (Å²) in [6.07, 6.45) is 0.827. The quantitative estimate of drug-likeness (QED) is 0.500. The van der Waals surface area contributed by atoms with Gasteiger partial charge in [-0.2, -0.15) is 0 Å². The summed E-state index contributed by atoms with van der Waals surface area (Å²) in [6, 6.07) is 7.19. The van der Waals surface area contributed by atoms with Gasteiger partial charge in [0.15, 0.2) is 0 Å². The van der Waals surface area contributed by atoms with Crippen LogP contribution in [0.2, 0.25) is 0 Å². The maximum Gasteiger partial charge on any atom is 0.357 e. The number of nitro groups is 1. The maximum absolute atomic E-state index is 12.3. The molecule has 7 nitrogen and oxygen atoms in total. The lowest BCUT2D eigenvalue weighted by atomic mass is 10.1. The molecule has 2 rings (SSSR count). The first-order chi connectivity index (χ1) is 10.4. The van der Waals surface area contributed by atoms with Gasteiger partial charge in [-0.05, 0) is 33.1 Å². The van der Waals surface area contributed by atoms with E-state index >= 15 is 0 Å². The molecule has 0 fully saturated rings. The second-order valence-electron chi connectivity index (χ2n) is 5.45. The van der Waals surface area contributed by atoms with Crippen LogP contribution in [0, 0.1) is 10.1 Å². The van der Waals surface area contributed by atoms with Crippen molar-refractivity contribution in [3.63, 3.8) is 0 Å². The molecule has 2 aromatic rings. The number of hydrogen-bond donors (Lipinski definition) is 1. The summed E-state index contributed by atoms with van der Waals surface area (Å²) < 4.78 is 1.32. The molecule has 0 atom stereocenters. The van der Waals surface area contributed by atoms with Crippen molar-refractivity contribution >= 4 is 22.3 Å². The monoisotopic (exact) mass is 304 g/mol. The average molecular weight is 304 g/mol. The Bertz CT molecular complexity index is 752. The van der Waals surface area contributed by atoms with Crippen LogP contribution in [0.15, 0.2) is 29.1 Å². The van der Waals surface area contributed by atoms with Gasteiger partial charge >= 0.3 is 11.2 Å². The second kappa shape index (κ2) is 6.57. The number of benzene rings is 1. The molecule has 0 saturated carbocycles. The van der Waals surface area contributed by atoms with Gasteiger partial charge in [-0.3, -0.25) is 14.9 Å². The summed E-state index contributed by atoms with van der Waals surface area (Å²) >= 11 is 0. The zero-order valence-electron chi connectivity index (χ0n) is 13.0. The minimum atomic E-state index is -0.608. The van der Waals surface area contributed by atoms with Crippen LogP contribution in [0.1, 0.15) is 6.42 Å². The standard InChI is InChI=1S/C15H20N4O3/c1-17(2)10-6-9-16-13-11-7-4-5-8-12(11)18(3)15(20)14(13)19(21)22/h4-5,7-8,16H,6,9-10H2,1-3H3. The van der Waals surface area contributed by atoms with Gasteiger partial charge in [0, 0.05) is 19.0 Å². The Labute approximate surface area is 128 Å². The number of aromatic nitrogens is 1. The summed E-state index contributed by atoms with van der Waals surface area (Å²) in [4.78, 5) is 25.0. The van der Waals surface area contributed by atoms with E-state index in [9.17, 15) is 14.9 Å². The van der Waals surface area contributed by atoms with Crippen molar-refractivity contribution < 1.29 is 4.92 Å². The summed E-state index contributed by atoms with van der Waals surface area (Å²) in [5, 5.41) is 15.1. The maximum atomic E-state index is 12.3. The third-order valence-electron chi connectivity index (χ3n) is 3.55. The zero-order chi connectivity index (χ0) is 16.3. The van der Waals surface area contributed by atoms with E-state index in [-0.39, 0.29) is 0 Å². The van der Waals surface area contributed by atoms with E-state index < -0.39 is 16.2 Å². The molecular formula is C15H20N4O3. The molecule has 1 aromatic heterocycles. The van der Waals surface area contributed by atoms with E-state index in [1.54, 1.807) is 19.2 Å². The molecule has 118 valence electrons. The predicted octanol–water partition coefficient (Wildman–Crippen LogP) is 1.81. The number of nitrogens with zero attached hydrogens (tertiary/aromatic N) is 3. The van der Waals surface area contributed by atoms with Crippen molar-refractivity contribution in [3.05, 3.63) is 44.7 Å². The van der Waals surface area contributed by atoms with Gasteiger partial charge in [0.1, 0.15) is 5.69 Å². The molecule has 0 amide bonds. The molecule has 22 heavy (non-hydrogen) atoms. The number of fused-ring (bicyclic) bond motifs is 1. The minimum Gasteiger partial charge on any atom is -0.379 e. The van der Waals surface area contributed by atoms with Crippen LogP contribution in [-0.4, -0.2) is 41.6 Å². The molecule has 0 spiro atoms. The number of para-hydroxylation sites is 1. The van der Waals surface area contributed by atoms with E-state index in [2.05, 4.69) is 5.32 Å². The number of rotatable bonds is 6. The lowest BCUT2D eigenvalue weighted by molar-refractivity contribution is -0.385. The predicted molar refractivity (Wildman–Crippen MR) is 87.5 cm³/mol. The van der Waals surface area contributed by atoms with Crippen molar-refractivity contribution in [1.82, 2.24) is 9.47 Å². The van der Waals surface area contributed by atoms with Gasteiger partial charge in [-0.25, -0.2) is 0 Å². The van der Waals surface area contributed by atoms with Crippen LogP contribution in [0.5, 0.6) is 0 Å². The van der Waals surface area contributed by atoms with Gasteiger partial charge in [-0.1, -0.05) is 18.2 Å². The third-order valence-corrected chi connectivity index (χ3v) is 3.55. The highest BCUT2D eigenvalue weighted by Gasteiger charge is 2.24. The molecule has 0 aliphatic heterocycles. The fourth-order valence-corrected chi connectivity index (χ4v) is 2.44. The molecule has 0 unspecified atom stereocenters. The van der Waals surface area contributed by atoms with Gasteiger partial charge < -0.3 is 14.8 Å². The average Bonchev–Trinajstić information content (AvgIpc) is 2.47. The first kappa shape index (κ1) is 16.0. The molecule has 0 saturated heterocycles. The van der Waals surface area contributed by atoms with Gasteiger partial charge in [0.05, 0.1) is 10.4 Å². The third kappa shape index (κ3) is 3.09. The fourth-order valence-electron chi connectivity index (χ4n) is 2.44. The smallest absolute Gasteiger partial charge is 0.357 e. The second-order valence-corrected chi connectivity index (χ2v) is 5.45. The summed E-state index contributed by atoms with van der Waals surface area (Å²) in [5.41, 5.74) is -0.0134. The highest BCUT2D eigenvalue weighted by Crippen LogP contribution is 2.29. The molecule has 1 heterocycles. The van der Waals surface area contributed by atoms with E-state index in [4.69, 9.17) is 0 Å². The molecule has 0 bridgehead atoms. The number of pyridine rings is 1. The van der Waals surface area contributed by atoms with Crippen molar-refractivity contribution in [2.45, 2.75) is 6.42 Å². The van der Waals surface area contributed by atoms with E-state index in [1.165, 1.54) is 4.57 Å². The van der Waals surface area contributed by atoms with Crippen LogP contribution < -0.4 is 10.9 Å². The number of anilines is 1. The van der Waals surface area contributed by atoms with Gasteiger partial charge in [0.25, 0.3) is 0 Å². The number of aryl methyl sites for hydroxylation is 1. The van der Waals surface area contributed by atoms with E-state index in [1.807, 2.05) is 31.1 Å². The Hall–Kier alpha value is -2.41. The van der Waals surface area contributed by atoms with Crippen LogP contribution in [-0.2, 0) is 7.05 Å².